The van der Waals surface area contributed by atoms with Crippen LogP contribution in [0.3, 0.4) is 0 Å². The molecular weight excluding hydrogens is 291 g/mol. The Morgan fingerprint density at radius 1 is 1.54 bits per heavy atom. The van der Waals surface area contributed by atoms with Crippen LogP contribution >= 0.6 is 31.9 Å². The lowest BCUT2D eigenvalue weighted by Gasteiger charge is -2.17. The molecule has 13 heavy (non-hydrogen) atoms. The topological polar surface area (TPSA) is 0 Å². The lowest BCUT2D eigenvalue weighted by Crippen LogP contribution is -2.06. The quantitative estimate of drug-likeness (QED) is 0.540. The molecule has 0 aromatic rings. The van der Waals surface area contributed by atoms with Gasteiger partial charge >= 0.3 is 0 Å². The fraction of sp³-hybridized carbons (Fsp3) is 0.400. The summed E-state index contributed by atoms with van der Waals surface area (Å²) in [5.74, 6) is 0. The summed E-state index contributed by atoms with van der Waals surface area (Å²) >= 11 is 7.01. The molecule has 0 spiro atoms. The zero-order chi connectivity index (χ0) is 9.90. The summed E-state index contributed by atoms with van der Waals surface area (Å²) in [6, 6.07) is 0. The van der Waals surface area contributed by atoms with Gasteiger partial charge in [-0.05, 0) is 10.9 Å². The SMILES string of the molecule is [B]C1(C)C=CC=CC(C(Br)CBr)=C1. The first-order chi connectivity index (χ1) is 6.05. The Balaban J connectivity index is 2.91. The van der Waals surface area contributed by atoms with Gasteiger partial charge in [0.1, 0.15) is 0 Å². The molecule has 0 aliphatic heterocycles. The molecular formula is C10H11BBr2. The van der Waals surface area contributed by atoms with E-state index < -0.39 is 0 Å². The Hall–Kier alpha value is 0.245. The van der Waals surface area contributed by atoms with Crippen LogP contribution in [0.5, 0.6) is 0 Å². The van der Waals surface area contributed by atoms with E-state index in [1.54, 1.807) is 0 Å². The molecule has 0 saturated heterocycles. The maximum absolute atomic E-state index is 6.02. The Morgan fingerprint density at radius 3 is 2.85 bits per heavy atom. The largest absolute Gasteiger partial charge is 0.0912 e. The number of alkyl halides is 2. The molecule has 3 heteroatoms. The highest BCUT2D eigenvalue weighted by molar-refractivity contribution is 9.12. The van der Waals surface area contributed by atoms with Crippen LogP contribution < -0.4 is 0 Å². The third-order valence-electron chi connectivity index (χ3n) is 1.83. The molecule has 0 bridgehead atoms. The van der Waals surface area contributed by atoms with Crippen molar-refractivity contribution in [1.29, 1.82) is 0 Å². The van der Waals surface area contributed by atoms with Gasteiger partial charge < -0.3 is 0 Å². The fourth-order valence-corrected chi connectivity index (χ4v) is 1.83. The molecule has 1 aliphatic carbocycles. The van der Waals surface area contributed by atoms with E-state index in [1.807, 2.05) is 25.2 Å². The summed E-state index contributed by atoms with van der Waals surface area (Å²) < 4.78 is 0. The smallest absolute Gasteiger partial charge is 0.0854 e. The first-order valence-electron chi connectivity index (χ1n) is 4.13. The third-order valence-corrected chi connectivity index (χ3v) is 4.20. The van der Waals surface area contributed by atoms with E-state index in [0.29, 0.717) is 4.83 Å². The van der Waals surface area contributed by atoms with Crippen LogP contribution in [0.4, 0.5) is 0 Å². The minimum atomic E-state index is -0.340. The predicted molar refractivity (Wildman–Crippen MR) is 67.0 cm³/mol. The minimum Gasteiger partial charge on any atom is -0.0912 e. The molecule has 0 N–H and O–H groups in total. The van der Waals surface area contributed by atoms with Gasteiger partial charge in [0.15, 0.2) is 0 Å². The maximum Gasteiger partial charge on any atom is 0.0854 e. The molecule has 2 unspecified atom stereocenters. The Morgan fingerprint density at radius 2 is 2.23 bits per heavy atom. The van der Waals surface area contributed by atoms with Gasteiger partial charge in [0.2, 0.25) is 0 Å². The first-order valence-corrected chi connectivity index (χ1v) is 6.16. The average Bonchev–Trinajstić information content (AvgIpc) is 2.25. The van der Waals surface area contributed by atoms with E-state index in [1.165, 1.54) is 5.57 Å². The van der Waals surface area contributed by atoms with Crippen LogP contribution in [0.25, 0.3) is 0 Å². The molecule has 68 valence electrons. The maximum atomic E-state index is 6.02. The van der Waals surface area contributed by atoms with Crippen molar-refractivity contribution in [3.8, 4) is 0 Å². The Kier molecular flexibility index (Phi) is 4.05. The van der Waals surface area contributed by atoms with Crippen LogP contribution in [-0.2, 0) is 0 Å². The molecule has 0 heterocycles. The standard InChI is InChI=1S/C10H11BBr2/c1-10(11)5-3-2-4-8(6-10)9(13)7-12/h2-6,9H,7H2,1H3. The Labute approximate surface area is 97.8 Å². The van der Waals surface area contributed by atoms with Crippen molar-refractivity contribution in [2.45, 2.75) is 17.1 Å². The number of hydrogen-bond acceptors (Lipinski definition) is 0. The lowest BCUT2D eigenvalue weighted by molar-refractivity contribution is 0.953. The second-order valence-electron chi connectivity index (χ2n) is 3.35. The average molecular weight is 302 g/mol. The van der Waals surface area contributed by atoms with E-state index in [-0.39, 0.29) is 5.31 Å². The zero-order valence-electron chi connectivity index (χ0n) is 7.50. The van der Waals surface area contributed by atoms with Crippen LogP contribution in [0.2, 0.25) is 5.31 Å². The normalized spacial score (nSPS) is 29.6. The van der Waals surface area contributed by atoms with E-state index in [0.717, 1.165) is 5.33 Å². The van der Waals surface area contributed by atoms with Crippen LogP contribution in [0, 0.1) is 0 Å². The summed E-state index contributed by atoms with van der Waals surface area (Å²) in [5.41, 5.74) is 1.21. The predicted octanol–water partition coefficient (Wildman–Crippen LogP) is 3.54. The van der Waals surface area contributed by atoms with Crippen molar-refractivity contribution in [3.05, 3.63) is 36.0 Å². The van der Waals surface area contributed by atoms with Crippen LogP contribution in [0.15, 0.2) is 36.0 Å². The van der Waals surface area contributed by atoms with Crippen LogP contribution in [0.1, 0.15) is 6.92 Å². The second kappa shape index (κ2) is 4.65. The van der Waals surface area contributed by atoms with Crippen molar-refractivity contribution >= 4 is 39.7 Å². The van der Waals surface area contributed by atoms with Crippen molar-refractivity contribution in [2.24, 2.45) is 0 Å². The van der Waals surface area contributed by atoms with Gasteiger partial charge in [0.25, 0.3) is 0 Å². The van der Waals surface area contributed by atoms with Crippen molar-refractivity contribution in [2.75, 3.05) is 5.33 Å². The van der Waals surface area contributed by atoms with Gasteiger partial charge in [-0.1, -0.05) is 69.2 Å². The van der Waals surface area contributed by atoms with Crippen molar-refractivity contribution < 1.29 is 0 Å². The van der Waals surface area contributed by atoms with Gasteiger partial charge in [-0.3, -0.25) is 0 Å². The van der Waals surface area contributed by atoms with Gasteiger partial charge in [-0.25, -0.2) is 0 Å². The number of allylic oxidation sites excluding steroid dienone is 6. The first kappa shape index (κ1) is 11.3. The molecule has 0 aromatic heterocycles. The van der Waals surface area contributed by atoms with Crippen molar-refractivity contribution in [3.63, 3.8) is 0 Å². The molecule has 0 amide bonds. The second-order valence-corrected chi connectivity index (χ2v) is 5.10. The van der Waals surface area contributed by atoms with Crippen molar-refractivity contribution in [1.82, 2.24) is 0 Å². The molecule has 0 aromatic carbocycles. The van der Waals surface area contributed by atoms with E-state index in [9.17, 15) is 0 Å². The Bertz CT molecular complexity index is 264. The molecule has 2 radical (unpaired) electrons. The highest BCUT2D eigenvalue weighted by atomic mass is 79.9. The molecule has 1 aliphatic rings. The highest BCUT2D eigenvalue weighted by Crippen LogP contribution is 2.31. The monoisotopic (exact) mass is 300 g/mol. The zero-order valence-corrected chi connectivity index (χ0v) is 10.7. The highest BCUT2D eigenvalue weighted by Gasteiger charge is 2.15. The molecule has 2 atom stereocenters. The van der Waals surface area contributed by atoms with Gasteiger partial charge in [-0.2, -0.15) is 0 Å². The molecule has 0 fully saturated rings. The lowest BCUT2D eigenvalue weighted by atomic mass is 9.69. The summed E-state index contributed by atoms with van der Waals surface area (Å²) in [6.07, 6.45) is 10.1. The summed E-state index contributed by atoms with van der Waals surface area (Å²) in [5, 5.41) is 0.548. The molecule has 1 rings (SSSR count). The third kappa shape index (κ3) is 3.47. The van der Waals surface area contributed by atoms with E-state index in [2.05, 4.69) is 44.0 Å². The summed E-state index contributed by atoms with van der Waals surface area (Å²) in [4.78, 5) is 0.325. The number of rotatable bonds is 2. The molecule has 0 saturated carbocycles. The van der Waals surface area contributed by atoms with Gasteiger partial charge in [-0.15, -0.1) is 0 Å². The summed E-state index contributed by atoms with van der Waals surface area (Å²) in [6.45, 7) is 1.99. The van der Waals surface area contributed by atoms with E-state index in [4.69, 9.17) is 7.85 Å². The minimum absolute atomic E-state index is 0.325. The number of hydrogen-bond donors (Lipinski definition) is 0. The number of halogens is 2. The summed E-state index contributed by atoms with van der Waals surface area (Å²) in [7, 11) is 6.02. The van der Waals surface area contributed by atoms with E-state index >= 15 is 0 Å². The van der Waals surface area contributed by atoms with Gasteiger partial charge in [0, 0.05) is 10.2 Å². The van der Waals surface area contributed by atoms with Crippen LogP contribution in [-0.4, -0.2) is 18.0 Å². The molecule has 0 nitrogen and oxygen atoms in total. The fourth-order valence-electron chi connectivity index (χ4n) is 1.17. The van der Waals surface area contributed by atoms with Gasteiger partial charge in [0.05, 0.1) is 7.85 Å².